The first-order valence-electron chi connectivity index (χ1n) is 5.24. The van der Waals surface area contributed by atoms with Crippen molar-refractivity contribution in [3.63, 3.8) is 0 Å². The van der Waals surface area contributed by atoms with Gasteiger partial charge in [-0.05, 0) is 13.8 Å². The number of nitrogens with two attached hydrogens (primary N) is 3. The summed E-state index contributed by atoms with van der Waals surface area (Å²) < 4.78 is 5.21. The van der Waals surface area contributed by atoms with Gasteiger partial charge >= 0.3 is 0 Å². The van der Waals surface area contributed by atoms with Gasteiger partial charge in [-0.1, -0.05) is 0 Å². The van der Waals surface area contributed by atoms with Crippen molar-refractivity contribution in [2.75, 3.05) is 19.6 Å². The van der Waals surface area contributed by atoms with Gasteiger partial charge in [0.25, 0.3) is 0 Å². The number of rotatable bonds is 8. The van der Waals surface area contributed by atoms with Gasteiger partial charge in [0.1, 0.15) is 0 Å². The van der Waals surface area contributed by atoms with E-state index in [9.17, 15) is 14.4 Å². The first kappa shape index (κ1) is 15.9. The molecular weight excluding hydrogens is 226 g/mol. The SMILES string of the molecule is CC(C)OC(C(=O)CN)(C(=O)CN)C(=O)CN. The first-order chi connectivity index (χ1) is 7.86. The van der Waals surface area contributed by atoms with E-state index in [4.69, 9.17) is 21.9 Å². The Morgan fingerprint density at radius 3 is 1.41 bits per heavy atom. The standard InChI is InChI=1S/C10H19N3O4/c1-6(2)17-10(7(14)3-11,8(15)4-12)9(16)5-13/h6H,3-5,11-13H2,1-2H3. The Balaban J connectivity index is 5.60. The molecule has 0 atom stereocenters. The third-order valence-electron chi connectivity index (χ3n) is 2.15. The number of Topliss-reactive ketones (excluding diaryl/α,β-unsaturated/α-hetero) is 3. The molecule has 0 bridgehead atoms. The van der Waals surface area contributed by atoms with Crippen molar-refractivity contribution in [2.24, 2.45) is 17.2 Å². The molecule has 0 amide bonds. The molecule has 0 aliphatic rings. The second kappa shape index (κ2) is 6.55. The zero-order chi connectivity index (χ0) is 13.6. The third kappa shape index (κ3) is 3.16. The molecule has 6 N–H and O–H groups in total. The van der Waals surface area contributed by atoms with Crippen molar-refractivity contribution in [3.05, 3.63) is 0 Å². The van der Waals surface area contributed by atoms with E-state index in [1.54, 1.807) is 13.8 Å². The normalized spacial score (nSPS) is 11.6. The van der Waals surface area contributed by atoms with Crippen LogP contribution in [0.2, 0.25) is 0 Å². The maximum atomic E-state index is 11.8. The first-order valence-corrected chi connectivity index (χ1v) is 5.24. The second-order valence-electron chi connectivity index (χ2n) is 3.73. The Morgan fingerprint density at radius 1 is 0.941 bits per heavy atom. The summed E-state index contributed by atoms with van der Waals surface area (Å²) in [6, 6.07) is 0. The summed E-state index contributed by atoms with van der Waals surface area (Å²) in [7, 11) is 0. The number of hydrogen-bond acceptors (Lipinski definition) is 7. The van der Waals surface area contributed by atoms with Crippen LogP contribution in [-0.2, 0) is 19.1 Å². The predicted octanol–water partition coefficient (Wildman–Crippen LogP) is -2.27. The van der Waals surface area contributed by atoms with Crippen molar-refractivity contribution >= 4 is 17.3 Å². The Kier molecular flexibility index (Phi) is 6.11. The Labute approximate surface area is 99.6 Å². The number of carbonyl (C=O) groups excluding carboxylic acids is 3. The van der Waals surface area contributed by atoms with Gasteiger partial charge in [-0.2, -0.15) is 0 Å². The lowest BCUT2D eigenvalue weighted by Gasteiger charge is -2.30. The average Bonchev–Trinajstić information content (AvgIpc) is 2.32. The van der Waals surface area contributed by atoms with Crippen molar-refractivity contribution in [2.45, 2.75) is 25.6 Å². The third-order valence-corrected chi connectivity index (χ3v) is 2.15. The summed E-state index contributed by atoms with van der Waals surface area (Å²) in [5.41, 5.74) is 13.4. The van der Waals surface area contributed by atoms with Crippen molar-refractivity contribution < 1.29 is 19.1 Å². The molecule has 0 aromatic rings. The fraction of sp³-hybridized carbons (Fsp3) is 0.700. The van der Waals surface area contributed by atoms with Gasteiger partial charge in [0.2, 0.25) is 5.60 Å². The highest BCUT2D eigenvalue weighted by molar-refractivity contribution is 6.29. The maximum Gasteiger partial charge on any atom is 0.246 e. The lowest BCUT2D eigenvalue weighted by atomic mass is 9.87. The quantitative estimate of drug-likeness (QED) is 0.410. The highest BCUT2D eigenvalue weighted by Crippen LogP contribution is 2.18. The highest BCUT2D eigenvalue weighted by Gasteiger charge is 2.51. The summed E-state index contributed by atoms with van der Waals surface area (Å²) in [5, 5.41) is 0. The van der Waals surface area contributed by atoms with Crippen LogP contribution in [0, 0.1) is 0 Å². The number of hydrogen-bond donors (Lipinski definition) is 3. The summed E-state index contributed by atoms with van der Waals surface area (Å²) in [6.45, 7) is 1.69. The topological polar surface area (TPSA) is 138 Å². The van der Waals surface area contributed by atoms with Gasteiger partial charge in [0, 0.05) is 0 Å². The summed E-state index contributed by atoms with van der Waals surface area (Å²) in [5.74, 6) is -2.47. The molecule has 0 aliphatic heterocycles. The van der Waals surface area contributed by atoms with Crippen LogP contribution in [0.1, 0.15) is 13.8 Å². The van der Waals surface area contributed by atoms with Gasteiger partial charge in [-0.3, -0.25) is 14.4 Å². The minimum atomic E-state index is -2.24. The van der Waals surface area contributed by atoms with Gasteiger partial charge < -0.3 is 21.9 Å². The smallest absolute Gasteiger partial charge is 0.246 e. The summed E-state index contributed by atoms with van der Waals surface area (Å²) in [6.07, 6.45) is -0.517. The minimum Gasteiger partial charge on any atom is -0.350 e. The van der Waals surface area contributed by atoms with Crippen LogP contribution >= 0.6 is 0 Å². The Hall–Kier alpha value is -1.15. The molecule has 0 heterocycles. The van der Waals surface area contributed by atoms with E-state index < -0.39 is 48.7 Å². The highest BCUT2D eigenvalue weighted by atomic mass is 16.5. The fourth-order valence-electron chi connectivity index (χ4n) is 1.45. The molecule has 0 rings (SSSR count). The zero-order valence-corrected chi connectivity index (χ0v) is 10.1. The maximum absolute atomic E-state index is 11.8. The molecule has 0 spiro atoms. The van der Waals surface area contributed by atoms with Crippen LogP contribution in [-0.4, -0.2) is 48.7 Å². The molecule has 7 nitrogen and oxygen atoms in total. The van der Waals surface area contributed by atoms with E-state index in [1.165, 1.54) is 0 Å². The molecule has 0 aliphatic carbocycles. The van der Waals surface area contributed by atoms with E-state index in [0.717, 1.165) is 0 Å². The van der Waals surface area contributed by atoms with Crippen molar-refractivity contribution in [1.29, 1.82) is 0 Å². The second-order valence-corrected chi connectivity index (χ2v) is 3.73. The van der Waals surface area contributed by atoms with E-state index in [-0.39, 0.29) is 0 Å². The van der Waals surface area contributed by atoms with Crippen LogP contribution in [0.3, 0.4) is 0 Å². The van der Waals surface area contributed by atoms with Crippen molar-refractivity contribution in [1.82, 2.24) is 0 Å². The molecule has 7 heteroatoms. The van der Waals surface area contributed by atoms with E-state index >= 15 is 0 Å². The van der Waals surface area contributed by atoms with Gasteiger partial charge in [-0.15, -0.1) is 0 Å². The molecule has 0 saturated heterocycles. The van der Waals surface area contributed by atoms with Crippen LogP contribution in [0.15, 0.2) is 0 Å². The van der Waals surface area contributed by atoms with Gasteiger partial charge in [0.05, 0.1) is 25.7 Å². The molecule has 98 valence electrons. The van der Waals surface area contributed by atoms with Crippen LogP contribution < -0.4 is 17.2 Å². The molecular formula is C10H19N3O4. The number of ketones is 3. The monoisotopic (exact) mass is 245 g/mol. The summed E-state index contributed by atoms with van der Waals surface area (Å²) in [4.78, 5) is 35.3. The molecule has 0 aromatic heterocycles. The Bertz CT molecular complexity index is 274. The predicted molar refractivity (Wildman–Crippen MR) is 61.1 cm³/mol. The molecule has 0 fully saturated rings. The number of carbonyl (C=O) groups is 3. The van der Waals surface area contributed by atoms with Crippen LogP contribution in [0.25, 0.3) is 0 Å². The average molecular weight is 245 g/mol. The lowest BCUT2D eigenvalue weighted by molar-refractivity contribution is -0.168. The van der Waals surface area contributed by atoms with E-state index in [1.807, 2.05) is 0 Å². The largest absolute Gasteiger partial charge is 0.350 e. The van der Waals surface area contributed by atoms with Crippen LogP contribution in [0.4, 0.5) is 0 Å². The minimum absolute atomic E-state index is 0.496. The fourth-order valence-corrected chi connectivity index (χ4v) is 1.45. The number of ether oxygens (including phenoxy) is 1. The summed E-state index contributed by atoms with van der Waals surface area (Å²) >= 11 is 0. The Morgan fingerprint density at radius 2 is 1.24 bits per heavy atom. The molecule has 0 unspecified atom stereocenters. The van der Waals surface area contributed by atoms with Crippen molar-refractivity contribution in [3.8, 4) is 0 Å². The molecule has 0 radical (unpaired) electrons. The van der Waals surface area contributed by atoms with E-state index in [2.05, 4.69) is 0 Å². The lowest BCUT2D eigenvalue weighted by Crippen LogP contribution is -2.62. The molecule has 0 saturated carbocycles. The van der Waals surface area contributed by atoms with Gasteiger partial charge in [0.15, 0.2) is 17.3 Å². The van der Waals surface area contributed by atoms with E-state index in [0.29, 0.717) is 0 Å². The molecule has 0 aromatic carbocycles. The van der Waals surface area contributed by atoms with Gasteiger partial charge in [-0.25, -0.2) is 0 Å². The van der Waals surface area contributed by atoms with Crippen LogP contribution in [0.5, 0.6) is 0 Å². The zero-order valence-electron chi connectivity index (χ0n) is 10.1. The molecule has 17 heavy (non-hydrogen) atoms.